The SMILES string of the molecule is C\C1=C/C=C/C(=N/O)/C=C/C=C/C2=CC=CC=C(/C=C/C(=N/O)/C=C/C=C(\C)C#CC#C1)C2. The average Bonchev–Trinajstić information content (AvgIpc) is 3.05. The van der Waals surface area contributed by atoms with Crippen LogP contribution in [-0.4, -0.2) is 21.8 Å². The average molecular weight is 435 g/mol. The molecule has 0 fully saturated rings. The predicted octanol–water partition coefficient (Wildman–Crippen LogP) is 6.15. The van der Waals surface area contributed by atoms with Crippen LogP contribution in [0.25, 0.3) is 0 Å². The fraction of sp³-hybridized carbons (Fsp3) is 0.103. The molecule has 0 spiro atoms. The van der Waals surface area contributed by atoms with Crippen molar-refractivity contribution >= 4 is 11.4 Å². The molecule has 0 aromatic rings. The highest BCUT2D eigenvalue weighted by Gasteiger charge is 1.99. The smallest absolute Gasteiger partial charge is 0.102 e. The molecule has 0 saturated carbocycles. The van der Waals surface area contributed by atoms with Gasteiger partial charge in [0.1, 0.15) is 11.4 Å². The van der Waals surface area contributed by atoms with Gasteiger partial charge in [-0.15, -0.1) is 0 Å². The molecule has 0 unspecified atom stereocenters. The van der Waals surface area contributed by atoms with Crippen LogP contribution in [0.1, 0.15) is 20.3 Å². The van der Waals surface area contributed by atoms with Gasteiger partial charge in [-0.25, -0.2) is 0 Å². The molecular formula is C29H26N2O2. The van der Waals surface area contributed by atoms with Gasteiger partial charge in [0, 0.05) is 0 Å². The van der Waals surface area contributed by atoms with E-state index in [9.17, 15) is 10.4 Å². The highest BCUT2D eigenvalue weighted by Crippen LogP contribution is 2.17. The summed E-state index contributed by atoms with van der Waals surface area (Å²) in [4.78, 5) is 0. The van der Waals surface area contributed by atoms with Crippen LogP contribution >= 0.6 is 0 Å². The van der Waals surface area contributed by atoms with E-state index in [1.54, 1.807) is 36.5 Å². The molecule has 2 bridgehead atoms. The number of hydrogen-bond donors (Lipinski definition) is 2. The van der Waals surface area contributed by atoms with Crippen molar-refractivity contribution in [2.75, 3.05) is 0 Å². The second-order valence-electron chi connectivity index (χ2n) is 7.06. The van der Waals surface area contributed by atoms with Gasteiger partial charge in [-0.05, 0) is 78.7 Å². The molecule has 4 nitrogen and oxygen atoms in total. The largest absolute Gasteiger partial charge is 0.410 e. The van der Waals surface area contributed by atoms with E-state index in [1.165, 1.54) is 0 Å². The number of allylic oxidation sites excluding steroid dienone is 20. The summed E-state index contributed by atoms with van der Waals surface area (Å²) in [7, 11) is 0. The van der Waals surface area contributed by atoms with E-state index in [2.05, 4.69) is 34.0 Å². The monoisotopic (exact) mass is 434 g/mol. The van der Waals surface area contributed by atoms with Crippen LogP contribution < -0.4 is 0 Å². The third-order valence-corrected chi connectivity index (χ3v) is 4.34. The van der Waals surface area contributed by atoms with E-state index < -0.39 is 0 Å². The molecule has 0 aromatic carbocycles. The first kappa shape index (κ1) is 24.7. The van der Waals surface area contributed by atoms with Crippen molar-refractivity contribution in [3.63, 3.8) is 0 Å². The molecule has 0 aromatic heterocycles. The Bertz CT molecular complexity index is 1210. The summed E-state index contributed by atoms with van der Waals surface area (Å²) in [6.45, 7) is 3.76. The standard InChI is InChI=1S/C29H26N2O2/c1-24-11-3-4-12-25(2)14-10-20-29(31-33)22-21-27-17-6-5-15-26(23-27)16-7-8-18-28(30-32)19-9-13-24/h5-10,13-22,32-33H,23H2,1-2H3/b16-7+,18-8+,19-9+,20-10+,22-21+,24-13+,25-14+,30-28+,31-29+. The summed E-state index contributed by atoms with van der Waals surface area (Å²) >= 11 is 0. The van der Waals surface area contributed by atoms with Crippen LogP contribution in [0.15, 0.2) is 130 Å². The third-order valence-electron chi connectivity index (χ3n) is 4.34. The van der Waals surface area contributed by atoms with E-state index in [1.807, 2.05) is 74.6 Å². The normalized spacial score (nSPS) is 27.5. The van der Waals surface area contributed by atoms with Gasteiger partial charge in [-0.1, -0.05) is 95.1 Å². The van der Waals surface area contributed by atoms with Crippen molar-refractivity contribution in [3.8, 4) is 23.7 Å². The Morgan fingerprint density at radius 1 is 0.576 bits per heavy atom. The van der Waals surface area contributed by atoms with E-state index in [-0.39, 0.29) is 0 Å². The molecule has 2 rings (SSSR count). The number of rotatable bonds is 0. The topological polar surface area (TPSA) is 65.2 Å². The van der Waals surface area contributed by atoms with E-state index in [4.69, 9.17) is 0 Å². The number of nitrogens with zero attached hydrogens (tertiary/aromatic N) is 2. The maximum atomic E-state index is 9.31. The summed E-state index contributed by atoms with van der Waals surface area (Å²) in [5.74, 6) is 11.5. The fourth-order valence-electron chi connectivity index (χ4n) is 2.64. The maximum Gasteiger partial charge on any atom is 0.102 e. The van der Waals surface area contributed by atoms with Crippen molar-refractivity contribution in [2.24, 2.45) is 10.3 Å². The summed E-state index contributed by atoms with van der Waals surface area (Å²) in [5.41, 5.74) is 4.66. The second kappa shape index (κ2) is 14.5. The zero-order valence-electron chi connectivity index (χ0n) is 18.7. The van der Waals surface area contributed by atoms with Crippen LogP contribution in [0.5, 0.6) is 0 Å². The van der Waals surface area contributed by atoms with Gasteiger partial charge in [-0.2, -0.15) is 0 Å². The Hall–Kier alpha value is -4.54. The van der Waals surface area contributed by atoms with Crippen molar-refractivity contribution < 1.29 is 10.4 Å². The first-order valence-corrected chi connectivity index (χ1v) is 10.4. The Kier molecular flexibility index (Phi) is 10.8. The minimum atomic E-state index is 0.414. The Labute approximate surface area is 195 Å². The van der Waals surface area contributed by atoms with Crippen LogP contribution in [0.3, 0.4) is 0 Å². The molecule has 0 amide bonds. The molecule has 164 valence electrons. The summed E-state index contributed by atoms with van der Waals surface area (Å²) in [6, 6.07) is 0. The number of fused-ring (bicyclic) bond motifs is 2. The summed E-state index contributed by atoms with van der Waals surface area (Å²) in [5, 5.41) is 25.1. The van der Waals surface area contributed by atoms with E-state index in [0.29, 0.717) is 11.4 Å². The van der Waals surface area contributed by atoms with E-state index in [0.717, 1.165) is 28.7 Å². The molecule has 33 heavy (non-hydrogen) atoms. The second-order valence-corrected chi connectivity index (χ2v) is 7.06. The van der Waals surface area contributed by atoms with Gasteiger partial charge < -0.3 is 10.4 Å². The van der Waals surface area contributed by atoms with E-state index >= 15 is 0 Å². The molecular weight excluding hydrogens is 408 g/mol. The lowest BCUT2D eigenvalue weighted by molar-refractivity contribution is 0.320. The molecule has 4 heteroatoms. The van der Waals surface area contributed by atoms with Crippen molar-refractivity contribution in [3.05, 3.63) is 120 Å². The van der Waals surface area contributed by atoms with Gasteiger partial charge in [0.05, 0.1) is 0 Å². The van der Waals surface area contributed by atoms with Crippen molar-refractivity contribution in [1.29, 1.82) is 0 Å². The quantitative estimate of drug-likeness (QED) is 0.273. The lowest BCUT2D eigenvalue weighted by atomic mass is 10.0. The molecule has 0 aliphatic heterocycles. The zero-order chi connectivity index (χ0) is 23.7. The highest BCUT2D eigenvalue weighted by molar-refractivity contribution is 6.04. The first-order chi connectivity index (χ1) is 16.1. The van der Waals surface area contributed by atoms with Gasteiger partial charge in [0.25, 0.3) is 0 Å². The summed E-state index contributed by atoms with van der Waals surface area (Å²) in [6.07, 6.45) is 30.4. The van der Waals surface area contributed by atoms with Crippen LogP contribution in [0.2, 0.25) is 0 Å². The maximum absolute atomic E-state index is 9.31. The van der Waals surface area contributed by atoms with Crippen LogP contribution in [-0.2, 0) is 0 Å². The number of hydrogen-bond acceptors (Lipinski definition) is 4. The lowest BCUT2D eigenvalue weighted by Crippen LogP contribution is -1.89. The van der Waals surface area contributed by atoms with Gasteiger partial charge >= 0.3 is 0 Å². The highest BCUT2D eigenvalue weighted by atomic mass is 16.4. The van der Waals surface area contributed by atoms with Gasteiger partial charge in [0.15, 0.2) is 0 Å². The van der Waals surface area contributed by atoms with Crippen LogP contribution in [0.4, 0.5) is 0 Å². The predicted molar refractivity (Wildman–Crippen MR) is 137 cm³/mol. The van der Waals surface area contributed by atoms with Crippen molar-refractivity contribution in [1.82, 2.24) is 0 Å². The molecule has 2 aliphatic rings. The number of oxime groups is 2. The fourth-order valence-corrected chi connectivity index (χ4v) is 2.64. The molecule has 2 N–H and O–H groups in total. The molecule has 2 aliphatic carbocycles. The Morgan fingerprint density at radius 3 is 1.64 bits per heavy atom. The van der Waals surface area contributed by atoms with Crippen LogP contribution in [0, 0.1) is 23.7 Å². The molecule has 0 saturated heterocycles. The minimum Gasteiger partial charge on any atom is -0.410 e. The lowest BCUT2D eigenvalue weighted by Gasteiger charge is -2.01. The van der Waals surface area contributed by atoms with Crippen molar-refractivity contribution in [2.45, 2.75) is 20.3 Å². The Balaban J connectivity index is 2.37. The first-order valence-electron chi connectivity index (χ1n) is 10.4. The van der Waals surface area contributed by atoms with Gasteiger partial charge in [-0.3, -0.25) is 0 Å². The molecule has 0 radical (unpaired) electrons. The molecule has 0 atom stereocenters. The Morgan fingerprint density at radius 2 is 1.06 bits per heavy atom. The molecule has 0 heterocycles. The zero-order valence-corrected chi connectivity index (χ0v) is 18.7. The third kappa shape index (κ3) is 10.4. The summed E-state index contributed by atoms with van der Waals surface area (Å²) < 4.78 is 0. The van der Waals surface area contributed by atoms with Gasteiger partial charge in [0.2, 0.25) is 0 Å². The minimum absolute atomic E-state index is 0.414.